The Morgan fingerprint density at radius 1 is 1.06 bits per heavy atom. The quantitative estimate of drug-likeness (QED) is 0.790. The van der Waals surface area contributed by atoms with E-state index in [2.05, 4.69) is 16.7 Å². The largest absolute Gasteiger partial charge is 0.328 e. The van der Waals surface area contributed by atoms with Gasteiger partial charge in [0.1, 0.15) is 0 Å². The zero-order valence-electron chi connectivity index (χ0n) is 11.4. The van der Waals surface area contributed by atoms with Crippen molar-refractivity contribution in [2.45, 2.75) is 45.1 Å². The highest BCUT2D eigenvalue weighted by Gasteiger charge is 2.22. The number of likely N-dealkylation sites (tertiary alicyclic amines) is 2. The molecule has 2 aliphatic rings. The first-order chi connectivity index (χ1) is 8.24. The monoisotopic (exact) mass is 239 g/mol. The molecule has 0 saturated carbocycles. The fraction of sp³-hybridized carbons (Fsp3) is 1.00. The van der Waals surface area contributed by atoms with Crippen molar-refractivity contribution < 1.29 is 0 Å². The van der Waals surface area contributed by atoms with Crippen LogP contribution in [0.15, 0.2) is 0 Å². The molecular weight excluding hydrogens is 210 g/mol. The summed E-state index contributed by atoms with van der Waals surface area (Å²) >= 11 is 0. The highest BCUT2D eigenvalue weighted by atomic mass is 15.2. The Morgan fingerprint density at radius 3 is 2.29 bits per heavy atom. The van der Waals surface area contributed by atoms with E-state index in [4.69, 9.17) is 5.73 Å². The molecule has 0 amide bonds. The average Bonchev–Trinajstić information content (AvgIpc) is 2.81. The Bertz CT molecular complexity index is 204. The van der Waals surface area contributed by atoms with Crippen LogP contribution < -0.4 is 5.73 Å². The average molecular weight is 239 g/mol. The molecule has 2 fully saturated rings. The molecule has 0 aromatic carbocycles. The van der Waals surface area contributed by atoms with Gasteiger partial charge >= 0.3 is 0 Å². The minimum Gasteiger partial charge on any atom is -0.328 e. The van der Waals surface area contributed by atoms with Crippen LogP contribution in [0, 0.1) is 5.92 Å². The fourth-order valence-electron chi connectivity index (χ4n) is 3.11. The molecule has 0 spiro atoms. The third kappa shape index (κ3) is 4.57. The van der Waals surface area contributed by atoms with E-state index in [1.165, 1.54) is 65.0 Å². The summed E-state index contributed by atoms with van der Waals surface area (Å²) in [5, 5.41) is 0. The molecule has 3 heteroatoms. The van der Waals surface area contributed by atoms with E-state index in [1.807, 2.05) is 0 Å². The normalized spacial score (nSPS) is 26.5. The summed E-state index contributed by atoms with van der Waals surface area (Å²) < 4.78 is 0. The number of piperidine rings is 1. The van der Waals surface area contributed by atoms with Crippen LogP contribution in [-0.4, -0.2) is 55.1 Å². The lowest BCUT2D eigenvalue weighted by Gasteiger charge is -2.34. The van der Waals surface area contributed by atoms with Crippen LogP contribution in [0.4, 0.5) is 0 Å². The van der Waals surface area contributed by atoms with Gasteiger partial charge in [-0.25, -0.2) is 0 Å². The molecule has 2 aliphatic heterocycles. The highest BCUT2D eigenvalue weighted by Crippen LogP contribution is 2.20. The van der Waals surface area contributed by atoms with Crippen LogP contribution in [0.1, 0.15) is 39.0 Å². The molecule has 0 bridgehead atoms. The smallest absolute Gasteiger partial charge is 0.00226 e. The van der Waals surface area contributed by atoms with Crippen LogP contribution in [-0.2, 0) is 0 Å². The molecule has 0 radical (unpaired) electrons. The van der Waals surface area contributed by atoms with Crippen LogP contribution in [0.2, 0.25) is 0 Å². The van der Waals surface area contributed by atoms with Crippen LogP contribution in [0.3, 0.4) is 0 Å². The molecule has 1 atom stereocenters. The van der Waals surface area contributed by atoms with Gasteiger partial charge in [-0.3, -0.25) is 0 Å². The summed E-state index contributed by atoms with van der Waals surface area (Å²) in [4.78, 5) is 5.27. The summed E-state index contributed by atoms with van der Waals surface area (Å²) in [6.07, 6.45) is 6.79. The van der Waals surface area contributed by atoms with Gasteiger partial charge < -0.3 is 15.5 Å². The van der Waals surface area contributed by atoms with Crippen LogP contribution in [0.5, 0.6) is 0 Å². The molecule has 0 aromatic heterocycles. The Kier molecular flexibility index (Phi) is 5.26. The van der Waals surface area contributed by atoms with Gasteiger partial charge in [0.05, 0.1) is 0 Å². The Balaban J connectivity index is 1.60. The van der Waals surface area contributed by atoms with E-state index >= 15 is 0 Å². The maximum Gasteiger partial charge on any atom is 0.00226 e. The van der Waals surface area contributed by atoms with Crippen molar-refractivity contribution in [2.24, 2.45) is 11.7 Å². The zero-order chi connectivity index (χ0) is 12.1. The minimum absolute atomic E-state index is 0.359. The van der Waals surface area contributed by atoms with Crippen molar-refractivity contribution in [1.29, 1.82) is 0 Å². The van der Waals surface area contributed by atoms with Gasteiger partial charge in [-0.15, -0.1) is 0 Å². The summed E-state index contributed by atoms with van der Waals surface area (Å²) in [6.45, 7) is 9.97. The van der Waals surface area contributed by atoms with Crippen molar-refractivity contribution in [3.8, 4) is 0 Å². The van der Waals surface area contributed by atoms with Gasteiger partial charge in [0, 0.05) is 12.6 Å². The van der Waals surface area contributed by atoms with Gasteiger partial charge in [-0.05, 0) is 77.7 Å². The topological polar surface area (TPSA) is 32.5 Å². The summed E-state index contributed by atoms with van der Waals surface area (Å²) in [5.41, 5.74) is 5.81. The fourth-order valence-corrected chi connectivity index (χ4v) is 3.11. The maximum atomic E-state index is 5.81. The second-order valence-corrected chi connectivity index (χ2v) is 6.06. The van der Waals surface area contributed by atoms with E-state index in [0.29, 0.717) is 6.04 Å². The van der Waals surface area contributed by atoms with Crippen LogP contribution >= 0.6 is 0 Å². The Hall–Kier alpha value is -0.120. The van der Waals surface area contributed by atoms with E-state index in [0.717, 1.165) is 12.3 Å². The predicted molar refractivity (Wildman–Crippen MR) is 73.1 cm³/mol. The molecule has 2 saturated heterocycles. The predicted octanol–water partition coefficient (Wildman–Crippen LogP) is 1.53. The molecule has 0 aliphatic carbocycles. The van der Waals surface area contributed by atoms with Gasteiger partial charge in [-0.2, -0.15) is 0 Å². The number of nitrogens with zero attached hydrogens (tertiary/aromatic N) is 2. The SMILES string of the molecule is CC(N)CCN1CCC(CN2CCCC2)CC1. The van der Waals surface area contributed by atoms with Gasteiger partial charge in [-0.1, -0.05) is 0 Å². The number of hydrogen-bond acceptors (Lipinski definition) is 3. The third-order valence-corrected chi connectivity index (χ3v) is 4.32. The molecule has 1 unspecified atom stereocenters. The molecule has 0 aromatic rings. The Morgan fingerprint density at radius 2 is 1.71 bits per heavy atom. The number of rotatable bonds is 5. The van der Waals surface area contributed by atoms with Crippen molar-refractivity contribution >= 4 is 0 Å². The lowest BCUT2D eigenvalue weighted by Crippen LogP contribution is -2.39. The molecule has 2 N–H and O–H groups in total. The van der Waals surface area contributed by atoms with E-state index < -0.39 is 0 Å². The van der Waals surface area contributed by atoms with Crippen LogP contribution in [0.25, 0.3) is 0 Å². The number of nitrogens with two attached hydrogens (primary N) is 1. The van der Waals surface area contributed by atoms with Crippen molar-refractivity contribution in [2.75, 3.05) is 39.3 Å². The first-order valence-corrected chi connectivity index (χ1v) is 7.44. The van der Waals surface area contributed by atoms with Crippen molar-refractivity contribution in [3.05, 3.63) is 0 Å². The van der Waals surface area contributed by atoms with E-state index in [1.54, 1.807) is 0 Å². The summed E-state index contributed by atoms with van der Waals surface area (Å²) in [6, 6.07) is 0.359. The van der Waals surface area contributed by atoms with Crippen molar-refractivity contribution in [3.63, 3.8) is 0 Å². The molecule has 3 nitrogen and oxygen atoms in total. The molecule has 17 heavy (non-hydrogen) atoms. The lowest BCUT2D eigenvalue weighted by atomic mass is 9.96. The molecule has 100 valence electrons. The molecule has 2 heterocycles. The zero-order valence-corrected chi connectivity index (χ0v) is 11.4. The maximum absolute atomic E-state index is 5.81. The van der Waals surface area contributed by atoms with Gasteiger partial charge in [0.2, 0.25) is 0 Å². The van der Waals surface area contributed by atoms with E-state index in [9.17, 15) is 0 Å². The summed E-state index contributed by atoms with van der Waals surface area (Å²) in [5.74, 6) is 0.958. The molecule has 2 rings (SSSR count). The first-order valence-electron chi connectivity index (χ1n) is 7.44. The second-order valence-electron chi connectivity index (χ2n) is 6.06. The van der Waals surface area contributed by atoms with Crippen molar-refractivity contribution in [1.82, 2.24) is 9.80 Å². The highest BCUT2D eigenvalue weighted by molar-refractivity contribution is 4.77. The minimum atomic E-state index is 0.359. The number of hydrogen-bond donors (Lipinski definition) is 1. The lowest BCUT2D eigenvalue weighted by molar-refractivity contribution is 0.151. The van der Waals surface area contributed by atoms with Gasteiger partial charge in [0.15, 0.2) is 0 Å². The summed E-state index contributed by atoms with van der Waals surface area (Å²) in [7, 11) is 0. The van der Waals surface area contributed by atoms with Gasteiger partial charge in [0.25, 0.3) is 0 Å². The second kappa shape index (κ2) is 6.72. The Labute approximate surface area is 106 Å². The first kappa shape index (κ1) is 13.3. The van der Waals surface area contributed by atoms with E-state index in [-0.39, 0.29) is 0 Å². The molecular formula is C14H29N3. The third-order valence-electron chi connectivity index (χ3n) is 4.32. The standard InChI is InChI=1S/C14H29N3/c1-13(15)4-9-16-10-5-14(6-11-16)12-17-7-2-3-8-17/h13-14H,2-12,15H2,1H3.